The molecule has 0 aromatic heterocycles. The number of benzene rings is 1. The molecule has 1 fully saturated rings. The van der Waals surface area contributed by atoms with E-state index in [1.807, 2.05) is 27.7 Å². The highest BCUT2D eigenvalue weighted by molar-refractivity contribution is 6.32. The van der Waals surface area contributed by atoms with Crippen LogP contribution in [-0.4, -0.2) is 30.7 Å². The van der Waals surface area contributed by atoms with E-state index >= 15 is 0 Å². The maximum atomic E-state index is 10.9. The van der Waals surface area contributed by atoms with Gasteiger partial charge in [-0.3, -0.25) is 4.79 Å². The van der Waals surface area contributed by atoms with E-state index < -0.39 is 5.60 Å². The summed E-state index contributed by atoms with van der Waals surface area (Å²) < 4.78 is 17.4. The van der Waals surface area contributed by atoms with Gasteiger partial charge >= 0.3 is 0 Å². The van der Waals surface area contributed by atoms with E-state index in [-0.39, 0.29) is 11.7 Å². The van der Waals surface area contributed by atoms with Gasteiger partial charge in [0.15, 0.2) is 11.5 Å². The number of aldehydes is 1. The summed E-state index contributed by atoms with van der Waals surface area (Å²) in [5, 5.41) is 0.358. The molecular weight excluding hydrogens is 292 g/mol. The van der Waals surface area contributed by atoms with Crippen LogP contribution in [0.1, 0.15) is 44.5 Å². The number of hydrogen-bond donors (Lipinski definition) is 0. The molecule has 1 saturated heterocycles. The van der Waals surface area contributed by atoms with Gasteiger partial charge in [0.05, 0.1) is 17.7 Å². The summed E-state index contributed by atoms with van der Waals surface area (Å²) in [7, 11) is 1.52. The molecule has 0 aliphatic carbocycles. The number of ether oxygens (including phenoxy) is 3. The zero-order chi connectivity index (χ0) is 15.8. The van der Waals surface area contributed by atoms with Crippen molar-refractivity contribution in [2.45, 2.75) is 51.4 Å². The first-order valence-corrected chi connectivity index (χ1v) is 7.26. The molecule has 0 bridgehead atoms. The van der Waals surface area contributed by atoms with E-state index in [0.29, 0.717) is 22.1 Å². The average Bonchev–Trinajstić information content (AvgIpc) is 2.59. The van der Waals surface area contributed by atoms with Crippen molar-refractivity contribution in [3.05, 3.63) is 22.7 Å². The fourth-order valence-corrected chi connectivity index (χ4v) is 3.02. The summed E-state index contributed by atoms with van der Waals surface area (Å²) in [4.78, 5) is 10.9. The molecular formula is C16H21ClO4. The maximum absolute atomic E-state index is 10.9. The zero-order valence-corrected chi connectivity index (χ0v) is 13.8. The molecule has 1 aliphatic heterocycles. The third-order valence-corrected chi connectivity index (χ3v) is 3.92. The molecule has 1 aliphatic rings. The summed E-state index contributed by atoms with van der Waals surface area (Å²) in [6.45, 7) is 8.05. The minimum Gasteiger partial charge on any atom is -0.493 e. The Bertz CT molecular complexity index is 551. The summed E-state index contributed by atoms with van der Waals surface area (Å²) in [6, 6.07) is 3.18. The highest BCUT2D eigenvalue weighted by atomic mass is 35.5. The molecule has 4 nitrogen and oxygen atoms in total. The van der Waals surface area contributed by atoms with Gasteiger partial charge in [0.1, 0.15) is 18.0 Å². The lowest BCUT2D eigenvalue weighted by Crippen LogP contribution is -2.36. The van der Waals surface area contributed by atoms with Crippen LogP contribution in [-0.2, 0) is 4.74 Å². The van der Waals surface area contributed by atoms with Gasteiger partial charge in [-0.15, -0.1) is 0 Å². The monoisotopic (exact) mass is 312 g/mol. The molecule has 21 heavy (non-hydrogen) atoms. The molecule has 0 N–H and O–H groups in total. The van der Waals surface area contributed by atoms with Crippen molar-refractivity contribution < 1.29 is 19.0 Å². The normalized spacial score (nSPS) is 22.9. The number of halogens is 1. The molecule has 0 amide bonds. The van der Waals surface area contributed by atoms with Crippen LogP contribution in [0.15, 0.2) is 12.1 Å². The molecule has 1 heterocycles. The van der Waals surface area contributed by atoms with E-state index in [2.05, 4.69) is 0 Å². The van der Waals surface area contributed by atoms with Crippen molar-refractivity contribution in [2.75, 3.05) is 7.11 Å². The zero-order valence-electron chi connectivity index (χ0n) is 13.0. The number of carbonyl (C=O) groups excluding carboxylic acids is 1. The van der Waals surface area contributed by atoms with E-state index in [0.717, 1.165) is 12.7 Å². The van der Waals surface area contributed by atoms with Crippen LogP contribution in [0.2, 0.25) is 5.02 Å². The molecule has 116 valence electrons. The van der Waals surface area contributed by atoms with Gasteiger partial charge in [-0.25, -0.2) is 0 Å². The molecule has 0 radical (unpaired) electrons. The highest BCUT2D eigenvalue weighted by Gasteiger charge is 2.47. The minimum absolute atomic E-state index is 0.152. The highest BCUT2D eigenvalue weighted by Crippen LogP contribution is 2.43. The first kappa shape index (κ1) is 16.1. The number of rotatable bonds is 4. The molecule has 1 unspecified atom stereocenters. The largest absolute Gasteiger partial charge is 0.493 e. The number of hydrogen-bond acceptors (Lipinski definition) is 4. The van der Waals surface area contributed by atoms with E-state index in [9.17, 15) is 4.79 Å². The smallest absolute Gasteiger partial charge is 0.180 e. The Labute approximate surface area is 130 Å². The fraction of sp³-hybridized carbons (Fsp3) is 0.562. The molecule has 5 heteroatoms. The maximum Gasteiger partial charge on any atom is 0.180 e. The van der Waals surface area contributed by atoms with Crippen LogP contribution in [0.3, 0.4) is 0 Å². The SMILES string of the molecule is COc1cc(C=O)cc(Cl)c1OC1CC(C)(C)OC1(C)C. The van der Waals surface area contributed by atoms with Crippen molar-refractivity contribution in [2.24, 2.45) is 0 Å². The standard InChI is InChI=1S/C16H21ClO4/c1-15(2)8-13(16(3,4)21-15)20-14-11(17)6-10(9-18)7-12(14)19-5/h6-7,9,13H,8H2,1-5H3. The number of methoxy groups -OCH3 is 1. The van der Waals surface area contributed by atoms with Crippen molar-refractivity contribution in [1.82, 2.24) is 0 Å². The third-order valence-electron chi connectivity index (χ3n) is 3.64. The van der Waals surface area contributed by atoms with E-state index in [1.54, 1.807) is 12.1 Å². The molecule has 0 saturated carbocycles. The lowest BCUT2D eigenvalue weighted by molar-refractivity contribution is -0.0847. The van der Waals surface area contributed by atoms with E-state index in [4.69, 9.17) is 25.8 Å². The summed E-state index contributed by atoms with van der Waals surface area (Å²) in [5.74, 6) is 0.897. The van der Waals surface area contributed by atoms with Gasteiger partial charge < -0.3 is 14.2 Å². The summed E-state index contributed by atoms with van der Waals surface area (Å²) >= 11 is 6.23. The first-order chi connectivity index (χ1) is 9.68. The molecule has 2 rings (SSSR count). The Balaban J connectivity index is 2.34. The van der Waals surface area contributed by atoms with Crippen LogP contribution >= 0.6 is 11.6 Å². The van der Waals surface area contributed by atoms with Gasteiger partial charge in [0.25, 0.3) is 0 Å². The third kappa shape index (κ3) is 3.33. The van der Waals surface area contributed by atoms with Gasteiger partial charge in [-0.1, -0.05) is 11.6 Å². The first-order valence-electron chi connectivity index (χ1n) is 6.88. The second-order valence-corrected chi connectivity index (χ2v) is 6.83. The Morgan fingerprint density at radius 2 is 2.00 bits per heavy atom. The molecule has 1 aromatic rings. The number of carbonyl (C=O) groups is 1. The lowest BCUT2D eigenvalue weighted by Gasteiger charge is -2.28. The van der Waals surface area contributed by atoms with Crippen molar-refractivity contribution in [1.29, 1.82) is 0 Å². The van der Waals surface area contributed by atoms with Gasteiger partial charge in [-0.2, -0.15) is 0 Å². The minimum atomic E-state index is -0.429. The van der Waals surface area contributed by atoms with Crippen molar-refractivity contribution in [3.8, 4) is 11.5 Å². The second-order valence-electron chi connectivity index (χ2n) is 6.43. The van der Waals surface area contributed by atoms with Crippen molar-refractivity contribution >= 4 is 17.9 Å². The van der Waals surface area contributed by atoms with Gasteiger partial charge in [-0.05, 0) is 39.8 Å². The Morgan fingerprint density at radius 1 is 1.33 bits per heavy atom. The summed E-state index contributed by atoms with van der Waals surface area (Å²) in [5.41, 5.74) is -0.232. The average molecular weight is 313 g/mol. The van der Waals surface area contributed by atoms with Gasteiger partial charge in [0, 0.05) is 12.0 Å². The van der Waals surface area contributed by atoms with Crippen LogP contribution in [0.4, 0.5) is 0 Å². The van der Waals surface area contributed by atoms with E-state index in [1.165, 1.54) is 7.11 Å². The Morgan fingerprint density at radius 3 is 2.48 bits per heavy atom. The van der Waals surface area contributed by atoms with Crippen LogP contribution in [0.5, 0.6) is 11.5 Å². The Kier molecular flexibility index (Phi) is 4.22. The molecule has 1 aromatic carbocycles. The van der Waals surface area contributed by atoms with Crippen LogP contribution in [0.25, 0.3) is 0 Å². The van der Waals surface area contributed by atoms with Gasteiger partial charge in [0.2, 0.25) is 0 Å². The topological polar surface area (TPSA) is 44.8 Å². The second kappa shape index (κ2) is 5.50. The lowest BCUT2D eigenvalue weighted by atomic mass is 9.97. The molecule has 1 atom stereocenters. The quantitative estimate of drug-likeness (QED) is 0.791. The van der Waals surface area contributed by atoms with Crippen molar-refractivity contribution in [3.63, 3.8) is 0 Å². The summed E-state index contributed by atoms with van der Waals surface area (Å²) in [6.07, 6.45) is 1.32. The molecule has 0 spiro atoms. The predicted octanol–water partition coefficient (Wildman–Crippen LogP) is 3.89. The predicted molar refractivity (Wildman–Crippen MR) is 81.7 cm³/mol. The fourth-order valence-electron chi connectivity index (χ4n) is 2.76. The van der Waals surface area contributed by atoms with Crippen LogP contribution in [0, 0.1) is 0 Å². The Hall–Kier alpha value is -1.26. The van der Waals surface area contributed by atoms with Crippen LogP contribution < -0.4 is 9.47 Å².